The molecule has 2 aliphatic rings. The molecule has 10 heteroatoms. The first-order valence-corrected chi connectivity index (χ1v) is 12.9. The predicted octanol–water partition coefficient (Wildman–Crippen LogP) is 5.51. The van der Waals surface area contributed by atoms with Crippen molar-refractivity contribution >= 4 is 46.5 Å². The van der Waals surface area contributed by atoms with Gasteiger partial charge >= 0.3 is 0 Å². The molecule has 0 aliphatic carbocycles. The molecule has 0 atom stereocenters. The fraction of sp³-hybridized carbons (Fsp3) is 0.346. The number of halogens is 2. The highest BCUT2D eigenvalue weighted by Crippen LogP contribution is 2.39. The fourth-order valence-corrected chi connectivity index (χ4v) is 5.12. The van der Waals surface area contributed by atoms with Crippen molar-refractivity contribution in [3.05, 3.63) is 63.3 Å². The van der Waals surface area contributed by atoms with E-state index in [1.54, 1.807) is 42.2 Å². The fourth-order valence-electron chi connectivity index (χ4n) is 4.01. The maximum absolute atomic E-state index is 14.0. The number of carbonyl (C=O) groups excluding carboxylic acids is 3. The number of ether oxygens (including phenoxy) is 2. The van der Waals surface area contributed by atoms with Crippen molar-refractivity contribution in [3.63, 3.8) is 0 Å². The van der Waals surface area contributed by atoms with Crippen molar-refractivity contribution in [2.75, 3.05) is 26.2 Å². The summed E-state index contributed by atoms with van der Waals surface area (Å²) in [6.07, 6.45) is 4.46. The maximum Gasteiger partial charge on any atom is 0.294 e. The summed E-state index contributed by atoms with van der Waals surface area (Å²) in [6, 6.07) is 9.48. The standard InChI is InChI=1S/C26H26ClFN2O5S/c1-2-34-21-13-17(12-19(27)24(21)35-16-18-8-4-5-9-20(18)28)14-22-25(32)30(26(33)36-22)15-23(31)29-10-6-3-7-11-29/h4-5,8-9,12-14H,2-3,6-7,10-11,15-16H2,1H3/b22-14-. The molecule has 0 bridgehead atoms. The van der Waals surface area contributed by atoms with Crippen LogP contribution in [0.1, 0.15) is 37.3 Å². The van der Waals surface area contributed by atoms with Gasteiger partial charge in [-0.15, -0.1) is 0 Å². The highest BCUT2D eigenvalue weighted by Gasteiger charge is 2.37. The van der Waals surface area contributed by atoms with Crippen molar-refractivity contribution in [1.82, 2.24) is 9.80 Å². The Morgan fingerprint density at radius 1 is 1.14 bits per heavy atom. The lowest BCUT2D eigenvalue weighted by atomic mass is 10.1. The molecule has 2 fully saturated rings. The number of amides is 3. The Labute approximate surface area is 218 Å². The highest BCUT2D eigenvalue weighted by atomic mass is 35.5. The van der Waals surface area contributed by atoms with E-state index in [0.717, 1.165) is 35.9 Å². The van der Waals surface area contributed by atoms with Crippen molar-refractivity contribution in [2.45, 2.75) is 32.8 Å². The van der Waals surface area contributed by atoms with Crippen molar-refractivity contribution in [2.24, 2.45) is 0 Å². The Morgan fingerprint density at radius 2 is 1.89 bits per heavy atom. The van der Waals surface area contributed by atoms with Gasteiger partial charge in [-0.2, -0.15) is 0 Å². The summed E-state index contributed by atoms with van der Waals surface area (Å²) in [4.78, 5) is 40.8. The molecule has 0 saturated carbocycles. The van der Waals surface area contributed by atoms with Gasteiger partial charge in [0.25, 0.3) is 11.1 Å². The van der Waals surface area contributed by atoms with Crippen LogP contribution >= 0.6 is 23.4 Å². The smallest absolute Gasteiger partial charge is 0.294 e. The molecule has 2 heterocycles. The maximum atomic E-state index is 14.0. The number of imide groups is 1. The van der Waals surface area contributed by atoms with Gasteiger partial charge in [-0.3, -0.25) is 19.3 Å². The summed E-state index contributed by atoms with van der Waals surface area (Å²) < 4.78 is 25.4. The van der Waals surface area contributed by atoms with Crippen LogP contribution < -0.4 is 9.47 Å². The Bertz CT molecular complexity index is 1200. The van der Waals surface area contributed by atoms with E-state index >= 15 is 0 Å². The Hall–Kier alpha value is -3.04. The first kappa shape index (κ1) is 26.0. The summed E-state index contributed by atoms with van der Waals surface area (Å²) in [6.45, 7) is 3.10. The van der Waals surface area contributed by atoms with E-state index in [2.05, 4.69) is 0 Å². The monoisotopic (exact) mass is 532 g/mol. The normalized spacial score (nSPS) is 17.1. The van der Waals surface area contributed by atoms with E-state index in [9.17, 15) is 18.8 Å². The lowest BCUT2D eigenvalue weighted by Gasteiger charge is -2.27. The first-order chi connectivity index (χ1) is 17.4. The van der Waals surface area contributed by atoms with E-state index < -0.39 is 17.0 Å². The number of rotatable bonds is 8. The first-order valence-electron chi connectivity index (χ1n) is 11.7. The van der Waals surface area contributed by atoms with E-state index in [0.29, 0.717) is 36.6 Å². The second kappa shape index (κ2) is 11.8. The number of nitrogens with zero attached hydrogens (tertiary/aromatic N) is 2. The van der Waals surface area contributed by atoms with E-state index in [1.807, 2.05) is 0 Å². The molecular weight excluding hydrogens is 507 g/mol. The van der Waals surface area contributed by atoms with Crippen molar-refractivity contribution < 1.29 is 28.2 Å². The molecule has 3 amide bonds. The Balaban J connectivity index is 1.51. The van der Waals surface area contributed by atoms with Crippen LogP contribution in [-0.2, 0) is 16.2 Å². The third-order valence-electron chi connectivity index (χ3n) is 5.84. The van der Waals surface area contributed by atoms with Gasteiger partial charge in [-0.1, -0.05) is 29.8 Å². The van der Waals surface area contributed by atoms with E-state index in [4.69, 9.17) is 21.1 Å². The molecular formula is C26H26ClFN2O5S. The number of hydrogen-bond donors (Lipinski definition) is 0. The molecule has 0 unspecified atom stereocenters. The van der Waals surface area contributed by atoms with Gasteiger partial charge in [0.15, 0.2) is 11.5 Å². The molecule has 0 aromatic heterocycles. The molecule has 0 N–H and O–H groups in total. The molecule has 190 valence electrons. The van der Waals surface area contributed by atoms with Gasteiger partial charge in [0.1, 0.15) is 19.0 Å². The number of carbonyl (C=O) groups is 3. The molecule has 7 nitrogen and oxygen atoms in total. The zero-order chi connectivity index (χ0) is 25.7. The van der Waals surface area contributed by atoms with Crippen LogP contribution in [0.25, 0.3) is 6.08 Å². The molecule has 2 aromatic rings. The summed E-state index contributed by atoms with van der Waals surface area (Å²) in [5.41, 5.74) is 0.891. The topological polar surface area (TPSA) is 76.2 Å². The Morgan fingerprint density at radius 3 is 2.61 bits per heavy atom. The zero-order valence-corrected chi connectivity index (χ0v) is 21.4. The average molecular weight is 533 g/mol. The average Bonchev–Trinajstić information content (AvgIpc) is 3.12. The number of hydrogen-bond acceptors (Lipinski definition) is 6. The highest BCUT2D eigenvalue weighted by molar-refractivity contribution is 8.18. The number of likely N-dealkylation sites (tertiary alicyclic amines) is 1. The molecule has 0 radical (unpaired) electrons. The summed E-state index contributed by atoms with van der Waals surface area (Å²) in [7, 11) is 0. The lowest BCUT2D eigenvalue weighted by Crippen LogP contribution is -2.44. The van der Waals surface area contributed by atoms with Crippen LogP contribution in [0.4, 0.5) is 9.18 Å². The predicted molar refractivity (Wildman–Crippen MR) is 136 cm³/mol. The van der Waals surface area contributed by atoms with Crippen LogP contribution in [0.2, 0.25) is 5.02 Å². The van der Waals surface area contributed by atoms with Crippen LogP contribution in [0.3, 0.4) is 0 Å². The molecule has 2 aliphatic heterocycles. The minimum atomic E-state index is -0.524. The largest absolute Gasteiger partial charge is 0.490 e. The third kappa shape index (κ3) is 6.02. The second-order valence-corrected chi connectivity index (χ2v) is 9.75. The van der Waals surface area contributed by atoms with Crippen molar-refractivity contribution in [1.29, 1.82) is 0 Å². The van der Waals surface area contributed by atoms with Gasteiger partial charge in [-0.25, -0.2) is 4.39 Å². The SMILES string of the molecule is CCOc1cc(/C=C2\SC(=O)N(CC(=O)N3CCCCC3)C2=O)cc(Cl)c1OCc1ccccc1F. The van der Waals surface area contributed by atoms with Crippen LogP contribution in [0, 0.1) is 5.82 Å². The van der Waals surface area contributed by atoms with Gasteiger partial charge in [0.2, 0.25) is 5.91 Å². The minimum absolute atomic E-state index is 0.0459. The van der Waals surface area contributed by atoms with Crippen LogP contribution in [0.15, 0.2) is 41.3 Å². The number of piperidine rings is 1. The van der Waals surface area contributed by atoms with E-state index in [1.165, 1.54) is 12.1 Å². The molecule has 0 spiro atoms. The van der Waals surface area contributed by atoms with Crippen LogP contribution in [0.5, 0.6) is 11.5 Å². The molecule has 2 aromatic carbocycles. The van der Waals surface area contributed by atoms with Gasteiger partial charge < -0.3 is 14.4 Å². The summed E-state index contributed by atoms with van der Waals surface area (Å²) >= 11 is 7.24. The van der Waals surface area contributed by atoms with Gasteiger partial charge in [-0.05, 0) is 67.8 Å². The lowest BCUT2D eigenvalue weighted by molar-refractivity contribution is -0.136. The molecule has 2 saturated heterocycles. The third-order valence-corrected chi connectivity index (χ3v) is 7.02. The van der Waals surface area contributed by atoms with Gasteiger partial charge in [0.05, 0.1) is 16.5 Å². The molecule has 36 heavy (non-hydrogen) atoms. The van der Waals surface area contributed by atoms with Crippen LogP contribution in [-0.4, -0.2) is 53.1 Å². The quantitative estimate of drug-likeness (QED) is 0.417. The van der Waals surface area contributed by atoms with Crippen molar-refractivity contribution in [3.8, 4) is 11.5 Å². The molecule has 4 rings (SSSR count). The summed E-state index contributed by atoms with van der Waals surface area (Å²) in [5, 5.41) is -0.277. The minimum Gasteiger partial charge on any atom is -0.490 e. The summed E-state index contributed by atoms with van der Waals surface area (Å²) in [5.74, 6) is -0.565. The second-order valence-electron chi connectivity index (χ2n) is 8.35. The number of thioether (sulfide) groups is 1. The zero-order valence-electron chi connectivity index (χ0n) is 19.8. The Kier molecular flexibility index (Phi) is 8.53. The number of benzene rings is 2. The van der Waals surface area contributed by atoms with Gasteiger partial charge in [0, 0.05) is 18.7 Å². The van der Waals surface area contributed by atoms with E-state index in [-0.39, 0.29) is 34.7 Å².